The molecule has 0 saturated heterocycles. The minimum atomic E-state index is 0.318. The highest BCUT2D eigenvalue weighted by Crippen LogP contribution is 2.36. The highest BCUT2D eigenvalue weighted by Gasteiger charge is 2.12. The molecule has 0 heterocycles. The average Bonchev–Trinajstić information content (AvgIpc) is 2.79. The molecule has 32 heavy (non-hydrogen) atoms. The van der Waals surface area contributed by atoms with E-state index in [1.807, 2.05) is 61.5 Å². The normalized spacial score (nSPS) is 10.6. The molecule has 3 aromatic rings. The number of aryl methyl sites for hydroxylation is 1. The lowest BCUT2D eigenvalue weighted by atomic mass is 10.2. The fourth-order valence-electron chi connectivity index (χ4n) is 2.81. The topological polar surface area (TPSA) is 64.1 Å². The van der Waals surface area contributed by atoms with Crippen LogP contribution in [0.15, 0.2) is 71.8 Å². The molecule has 2 N–H and O–H groups in total. The van der Waals surface area contributed by atoms with E-state index in [9.17, 15) is 0 Å². The highest BCUT2D eigenvalue weighted by molar-refractivity contribution is 7.80. The van der Waals surface area contributed by atoms with Gasteiger partial charge in [0.25, 0.3) is 0 Å². The monoisotopic (exact) mass is 469 g/mol. The number of halogens is 1. The Hall–Kier alpha value is -3.29. The molecule has 0 radical (unpaired) electrons. The van der Waals surface area contributed by atoms with Gasteiger partial charge in [0.15, 0.2) is 16.6 Å². The van der Waals surface area contributed by atoms with Gasteiger partial charge < -0.3 is 19.5 Å². The van der Waals surface area contributed by atoms with Gasteiger partial charge in [-0.25, -0.2) is 0 Å². The molecule has 3 aromatic carbocycles. The zero-order valence-electron chi connectivity index (χ0n) is 17.8. The summed E-state index contributed by atoms with van der Waals surface area (Å²) in [5, 5.41) is 7.97. The molecule has 0 atom stereocenters. The van der Waals surface area contributed by atoms with Crippen LogP contribution in [0.1, 0.15) is 11.1 Å². The van der Waals surface area contributed by atoms with Gasteiger partial charge in [-0.15, -0.1) is 0 Å². The summed E-state index contributed by atoms with van der Waals surface area (Å²) in [4.78, 5) is 0. The fraction of sp³-hybridized carbons (Fsp3) is 0.167. The van der Waals surface area contributed by atoms with E-state index < -0.39 is 0 Å². The number of thiocarbonyl (C=S) groups is 1. The van der Waals surface area contributed by atoms with Crippen LogP contribution in [0.2, 0.25) is 5.02 Å². The Morgan fingerprint density at radius 2 is 1.72 bits per heavy atom. The molecule has 0 bridgehead atoms. The Labute approximate surface area is 198 Å². The summed E-state index contributed by atoms with van der Waals surface area (Å²) < 4.78 is 17.0. The number of methoxy groups -OCH3 is 1. The fourth-order valence-corrected chi connectivity index (χ4v) is 3.26. The minimum absolute atomic E-state index is 0.318. The van der Waals surface area contributed by atoms with Gasteiger partial charge in [0.05, 0.1) is 18.3 Å². The first kappa shape index (κ1) is 23.4. The van der Waals surface area contributed by atoms with Crippen LogP contribution >= 0.6 is 23.8 Å². The number of rotatable bonds is 9. The van der Waals surface area contributed by atoms with Crippen molar-refractivity contribution in [2.45, 2.75) is 6.92 Å². The van der Waals surface area contributed by atoms with Gasteiger partial charge in [-0.2, -0.15) is 5.10 Å². The van der Waals surface area contributed by atoms with E-state index in [2.05, 4.69) is 15.8 Å². The molecule has 0 aliphatic rings. The molecule has 0 spiro atoms. The summed E-state index contributed by atoms with van der Waals surface area (Å²) in [5.74, 6) is 1.78. The van der Waals surface area contributed by atoms with Crippen LogP contribution in [-0.4, -0.2) is 31.7 Å². The molecule has 3 rings (SSSR count). The zero-order valence-corrected chi connectivity index (χ0v) is 19.4. The third-order valence-electron chi connectivity index (χ3n) is 4.34. The molecule has 0 aliphatic carbocycles. The maximum absolute atomic E-state index is 6.42. The van der Waals surface area contributed by atoms with E-state index in [1.54, 1.807) is 25.5 Å². The molecule has 0 amide bonds. The van der Waals surface area contributed by atoms with Crippen molar-refractivity contribution < 1.29 is 14.2 Å². The van der Waals surface area contributed by atoms with Crippen molar-refractivity contribution in [3.63, 3.8) is 0 Å². The van der Waals surface area contributed by atoms with E-state index >= 15 is 0 Å². The molecule has 6 nitrogen and oxygen atoms in total. The Bertz CT molecular complexity index is 1080. The number of hydrogen-bond donors (Lipinski definition) is 2. The first-order valence-corrected chi connectivity index (χ1v) is 10.7. The second kappa shape index (κ2) is 11.9. The third kappa shape index (κ3) is 6.87. The molecule has 166 valence electrons. The first-order valence-electron chi connectivity index (χ1n) is 9.90. The summed E-state index contributed by atoms with van der Waals surface area (Å²) in [5.41, 5.74) is 5.44. The van der Waals surface area contributed by atoms with Crippen molar-refractivity contribution in [2.75, 3.05) is 25.6 Å². The van der Waals surface area contributed by atoms with Crippen molar-refractivity contribution in [1.82, 2.24) is 5.43 Å². The second-order valence-corrected chi connectivity index (χ2v) is 7.50. The lowest BCUT2D eigenvalue weighted by Gasteiger charge is -2.14. The lowest BCUT2D eigenvalue weighted by Crippen LogP contribution is -2.23. The van der Waals surface area contributed by atoms with E-state index in [1.165, 1.54) is 0 Å². The standard InChI is InChI=1S/C24H24ClN3O3S/c1-17-8-6-7-11-21(17)30-12-13-31-23-20(25)14-18(15-22(23)29-2)16-26-28-24(32)27-19-9-4-3-5-10-19/h3-11,14-16H,12-13H2,1-2H3,(H2,27,28,32). The number of hydrogen-bond acceptors (Lipinski definition) is 5. The summed E-state index contributed by atoms with van der Waals surface area (Å²) >= 11 is 11.6. The Kier molecular flexibility index (Phi) is 8.71. The van der Waals surface area contributed by atoms with Crippen molar-refractivity contribution >= 4 is 40.8 Å². The van der Waals surface area contributed by atoms with Gasteiger partial charge in [0.2, 0.25) is 0 Å². The van der Waals surface area contributed by atoms with Crippen LogP contribution in [0.25, 0.3) is 0 Å². The molecule has 0 fully saturated rings. The number of hydrazone groups is 1. The highest BCUT2D eigenvalue weighted by atomic mass is 35.5. The van der Waals surface area contributed by atoms with Gasteiger partial charge in [0.1, 0.15) is 19.0 Å². The molecule has 0 unspecified atom stereocenters. The number of ether oxygens (including phenoxy) is 3. The van der Waals surface area contributed by atoms with Crippen molar-refractivity contribution in [2.24, 2.45) is 5.10 Å². The predicted molar refractivity (Wildman–Crippen MR) is 134 cm³/mol. The van der Waals surface area contributed by atoms with E-state index in [4.69, 9.17) is 38.0 Å². The first-order chi connectivity index (χ1) is 15.6. The molecular formula is C24H24ClN3O3S. The number of benzene rings is 3. The van der Waals surface area contributed by atoms with Crippen LogP contribution < -0.4 is 25.0 Å². The largest absolute Gasteiger partial charge is 0.493 e. The summed E-state index contributed by atoms with van der Waals surface area (Å²) in [6, 6.07) is 20.9. The average molecular weight is 470 g/mol. The smallest absolute Gasteiger partial charge is 0.191 e. The molecule has 0 aliphatic heterocycles. The third-order valence-corrected chi connectivity index (χ3v) is 4.82. The second-order valence-electron chi connectivity index (χ2n) is 6.69. The Morgan fingerprint density at radius 1 is 1.00 bits per heavy atom. The Morgan fingerprint density at radius 3 is 2.47 bits per heavy atom. The predicted octanol–water partition coefficient (Wildman–Crippen LogP) is 5.44. The van der Waals surface area contributed by atoms with Gasteiger partial charge >= 0.3 is 0 Å². The van der Waals surface area contributed by atoms with Crippen LogP contribution in [-0.2, 0) is 0 Å². The maximum atomic E-state index is 6.42. The van der Waals surface area contributed by atoms with E-state index in [-0.39, 0.29) is 0 Å². The molecular weight excluding hydrogens is 446 g/mol. The lowest BCUT2D eigenvalue weighted by molar-refractivity contribution is 0.210. The summed E-state index contributed by atoms with van der Waals surface area (Å²) in [6.07, 6.45) is 1.60. The molecule has 0 saturated carbocycles. The minimum Gasteiger partial charge on any atom is -0.493 e. The van der Waals surface area contributed by atoms with Crippen LogP contribution in [0.3, 0.4) is 0 Å². The zero-order chi connectivity index (χ0) is 22.8. The van der Waals surface area contributed by atoms with Crippen molar-refractivity contribution in [3.05, 3.63) is 82.9 Å². The maximum Gasteiger partial charge on any atom is 0.191 e. The van der Waals surface area contributed by atoms with Crippen molar-refractivity contribution in [1.29, 1.82) is 0 Å². The summed E-state index contributed by atoms with van der Waals surface area (Å²) in [6.45, 7) is 2.69. The Balaban J connectivity index is 1.55. The van der Waals surface area contributed by atoms with Crippen LogP contribution in [0, 0.1) is 6.92 Å². The molecule has 8 heteroatoms. The number of nitrogens with one attached hydrogen (secondary N) is 2. The SMILES string of the molecule is COc1cc(C=NNC(=S)Nc2ccccc2)cc(Cl)c1OCCOc1ccccc1C. The van der Waals surface area contributed by atoms with E-state index in [0.717, 1.165) is 22.6 Å². The number of nitrogens with zero attached hydrogens (tertiary/aromatic N) is 1. The van der Waals surface area contributed by atoms with Crippen LogP contribution in [0.5, 0.6) is 17.2 Å². The van der Waals surface area contributed by atoms with E-state index in [0.29, 0.717) is 34.8 Å². The number of para-hydroxylation sites is 2. The van der Waals surface area contributed by atoms with Gasteiger partial charge in [0, 0.05) is 5.69 Å². The summed E-state index contributed by atoms with van der Waals surface area (Å²) in [7, 11) is 1.56. The van der Waals surface area contributed by atoms with Gasteiger partial charge in [-0.3, -0.25) is 5.43 Å². The van der Waals surface area contributed by atoms with Crippen LogP contribution in [0.4, 0.5) is 5.69 Å². The van der Waals surface area contributed by atoms with Gasteiger partial charge in [-0.1, -0.05) is 48.0 Å². The van der Waals surface area contributed by atoms with Crippen molar-refractivity contribution in [3.8, 4) is 17.2 Å². The quantitative estimate of drug-likeness (QED) is 0.188. The number of anilines is 1. The molecule has 0 aromatic heterocycles. The van der Waals surface area contributed by atoms with Gasteiger partial charge in [-0.05, 0) is 60.6 Å².